The number of halogens is 1. The van der Waals surface area contributed by atoms with Crippen molar-refractivity contribution in [3.63, 3.8) is 0 Å². The molecule has 2 rings (SSSR count). The van der Waals surface area contributed by atoms with Crippen LogP contribution in [0.4, 0.5) is 0 Å². The van der Waals surface area contributed by atoms with Crippen molar-refractivity contribution >= 4 is 17.6 Å². The van der Waals surface area contributed by atoms with Gasteiger partial charge in [0.05, 0.1) is 0 Å². The van der Waals surface area contributed by atoms with Crippen LogP contribution in [0.15, 0.2) is 24.3 Å². The Hall–Kier alpha value is -1.02. The topological polar surface area (TPSA) is 26.3 Å². The zero-order valence-corrected chi connectivity index (χ0v) is 8.46. The SMILES string of the molecule is O=C1CCCC(c2ccc(Cl)cc2)O1. The third kappa shape index (κ3) is 2.07. The van der Waals surface area contributed by atoms with E-state index in [4.69, 9.17) is 16.3 Å². The predicted molar refractivity (Wildman–Crippen MR) is 54.1 cm³/mol. The molecule has 1 aromatic carbocycles. The van der Waals surface area contributed by atoms with E-state index in [9.17, 15) is 4.79 Å². The minimum atomic E-state index is -0.101. The van der Waals surface area contributed by atoms with Gasteiger partial charge in [-0.1, -0.05) is 23.7 Å². The van der Waals surface area contributed by atoms with Gasteiger partial charge in [-0.3, -0.25) is 4.79 Å². The fourth-order valence-electron chi connectivity index (χ4n) is 1.62. The molecule has 1 atom stereocenters. The van der Waals surface area contributed by atoms with Crippen LogP contribution < -0.4 is 0 Å². The maximum Gasteiger partial charge on any atom is 0.306 e. The molecule has 0 bridgehead atoms. The largest absolute Gasteiger partial charge is 0.457 e. The summed E-state index contributed by atoms with van der Waals surface area (Å²) < 4.78 is 5.23. The van der Waals surface area contributed by atoms with E-state index in [2.05, 4.69) is 0 Å². The van der Waals surface area contributed by atoms with Gasteiger partial charge in [0.2, 0.25) is 0 Å². The van der Waals surface area contributed by atoms with E-state index in [0.717, 1.165) is 18.4 Å². The number of hydrogen-bond acceptors (Lipinski definition) is 2. The van der Waals surface area contributed by atoms with Crippen molar-refractivity contribution in [3.05, 3.63) is 34.9 Å². The van der Waals surface area contributed by atoms with Crippen molar-refractivity contribution in [2.24, 2.45) is 0 Å². The Bertz CT molecular complexity index is 332. The highest BCUT2D eigenvalue weighted by atomic mass is 35.5. The summed E-state index contributed by atoms with van der Waals surface area (Å²) in [5.74, 6) is -0.101. The number of esters is 1. The van der Waals surface area contributed by atoms with Gasteiger partial charge < -0.3 is 4.74 Å². The lowest BCUT2D eigenvalue weighted by molar-refractivity contribution is -0.154. The maximum absolute atomic E-state index is 11.1. The van der Waals surface area contributed by atoms with Crippen LogP contribution >= 0.6 is 11.6 Å². The first kappa shape index (κ1) is 9.53. The van der Waals surface area contributed by atoms with Gasteiger partial charge >= 0.3 is 5.97 Å². The molecule has 0 amide bonds. The standard InChI is InChI=1S/C11H11ClO2/c12-9-6-4-8(5-7-9)10-2-1-3-11(13)14-10/h4-7,10H,1-3H2. The molecule has 74 valence electrons. The highest BCUT2D eigenvalue weighted by Crippen LogP contribution is 2.28. The molecule has 2 nitrogen and oxygen atoms in total. The summed E-state index contributed by atoms with van der Waals surface area (Å²) in [5.41, 5.74) is 1.03. The highest BCUT2D eigenvalue weighted by molar-refractivity contribution is 6.30. The number of carbonyl (C=O) groups is 1. The number of benzene rings is 1. The van der Waals surface area contributed by atoms with Crippen molar-refractivity contribution < 1.29 is 9.53 Å². The molecule has 0 aliphatic carbocycles. The number of hydrogen-bond donors (Lipinski definition) is 0. The van der Waals surface area contributed by atoms with E-state index in [1.165, 1.54) is 0 Å². The molecule has 0 spiro atoms. The molecule has 3 heteroatoms. The number of carbonyl (C=O) groups excluding carboxylic acids is 1. The summed E-state index contributed by atoms with van der Waals surface area (Å²) in [7, 11) is 0. The first-order valence-corrected chi connectivity index (χ1v) is 5.08. The Labute approximate surface area is 87.8 Å². The Balaban J connectivity index is 2.14. The van der Waals surface area contributed by atoms with E-state index in [-0.39, 0.29) is 12.1 Å². The second kappa shape index (κ2) is 4.01. The van der Waals surface area contributed by atoms with Gasteiger partial charge in [0, 0.05) is 11.4 Å². The lowest BCUT2D eigenvalue weighted by Gasteiger charge is -2.22. The van der Waals surface area contributed by atoms with Crippen LogP contribution in [0, 0.1) is 0 Å². The summed E-state index contributed by atoms with van der Waals surface area (Å²) >= 11 is 5.77. The first-order chi connectivity index (χ1) is 6.75. The van der Waals surface area contributed by atoms with E-state index >= 15 is 0 Å². The van der Waals surface area contributed by atoms with Gasteiger partial charge in [-0.15, -0.1) is 0 Å². The third-order valence-corrected chi connectivity index (χ3v) is 2.61. The van der Waals surface area contributed by atoms with Crippen molar-refractivity contribution in [2.45, 2.75) is 25.4 Å². The second-order valence-corrected chi connectivity index (χ2v) is 3.86. The van der Waals surface area contributed by atoms with E-state index < -0.39 is 0 Å². The van der Waals surface area contributed by atoms with Crippen LogP contribution in [0.25, 0.3) is 0 Å². The van der Waals surface area contributed by atoms with Crippen molar-refractivity contribution in [1.29, 1.82) is 0 Å². The average molecular weight is 211 g/mol. The molecule has 1 unspecified atom stereocenters. The molecular weight excluding hydrogens is 200 g/mol. The lowest BCUT2D eigenvalue weighted by atomic mass is 10.0. The van der Waals surface area contributed by atoms with Gasteiger partial charge in [0.15, 0.2) is 0 Å². The van der Waals surface area contributed by atoms with Crippen LogP contribution in [-0.2, 0) is 9.53 Å². The molecule has 1 aliphatic heterocycles. The predicted octanol–water partition coefficient (Wildman–Crippen LogP) is 3.11. The lowest BCUT2D eigenvalue weighted by Crippen LogP contribution is -2.16. The minimum absolute atomic E-state index is 0.0754. The fraction of sp³-hybridized carbons (Fsp3) is 0.364. The molecule has 1 heterocycles. The third-order valence-electron chi connectivity index (χ3n) is 2.36. The van der Waals surface area contributed by atoms with Crippen LogP contribution in [-0.4, -0.2) is 5.97 Å². The average Bonchev–Trinajstić information content (AvgIpc) is 2.19. The summed E-state index contributed by atoms with van der Waals surface area (Å²) in [5, 5.41) is 0.705. The molecule has 0 radical (unpaired) electrons. The Kier molecular flexibility index (Phi) is 2.73. The molecular formula is C11H11ClO2. The van der Waals surface area contributed by atoms with Crippen molar-refractivity contribution in [1.82, 2.24) is 0 Å². The molecule has 1 aromatic rings. The molecule has 1 saturated heterocycles. The Morgan fingerprint density at radius 2 is 2.00 bits per heavy atom. The van der Waals surface area contributed by atoms with Gasteiger partial charge in [-0.05, 0) is 30.5 Å². The first-order valence-electron chi connectivity index (χ1n) is 4.70. The van der Waals surface area contributed by atoms with Crippen LogP contribution in [0.5, 0.6) is 0 Å². The second-order valence-electron chi connectivity index (χ2n) is 3.42. The molecule has 0 aromatic heterocycles. The summed E-state index contributed by atoms with van der Waals surface area (Å²) in [6.07, 6.45) is 2.29. The van der Waals surface area contributed by atoms with Crippen LogP contribution in [0.2, 0.25) is 5.02 Å². The van der Waals surface area contributed by atoms with E-state index in [0.29, 0.717) is 11.4 Å². The van der Waals surface area contributed by atoms with Crippen LogP contribution in [0.1, 0.15) is 30.9 Å². The monoisotopic (exact) mass is 210 g/mol. The minimum Gasteiger partial charge on any atom is -0.457 e. The summed E-state index contributed by atoms with van der Waals surface area (Å²) in [4.78, 5) is 11.1. The Morgan fingerprint density at radius 3 is 2.64 bits per heavy atom. The zero-order chi connectivity index (χ0) is 9.97. The van der Waals surface area contributed by atoms with Gasteiger partial charge in [0.25, 0.3) is 0 Å². The molecule has 14 heavy (non-hydrogen) atoms. The molecule has 1 aliphatic rings. The normalized spacial score (nSPS) is 21.8. The Morgan fingerprint density at radius 1 is 1.29 bits per heavy atom. The smallest absolute Gasteiger partial charge is 0.306 e. The van der Waals surface area contributed by atoms with Crippen molar-refractivity contribution in [3.8, 4) is 0 Å². The zero-order valence-electron chi connectivity index (χ0n) is 7.70. The van der Waals surface area contributed by atoms with Gasteiger partial charge in [-0.25, -0.2) is 0 Å². The highest BCUT2D eigenvalue weighted by Gasteiger charge is 2.21. The van der Waals surface area contributed by atoms with Crippen molar-refractivity contribution in [2.75, 3.05) is 0 Å². The number of ether oxygens (including phenoxy) is 1. The number of cyclic esters (lactones) is 1. The number of rotatable bonds is 1. The quantitative estimate of drug-likeness (QED) is 0.666. The fourth-order valence-corrected chi connectivity index (χ4v) is 1.75. The van der Waals surface area contributed by atoms with Crippen LogP contribution in [0.3, 0.4) is 0 Å². The van der Waals surface area contributed by atoms with E-state index in [1.54, 1.807) is 0 Å². The molecule has 1 fully saturated rings. The summed E-state index contributed by atoms with van der Waals surface area (Å²) in [6, 6.07) is 7.45. The van der Waals surface area contributed by atoms with Gasteiger partial charge in [0.1, 0.15) is 6.10 Å². The summed E-state index contributed by atoms with van der Waals surface area (Å²) in [6.45, 7) is 0. The molecule has 0 N–H and O–H groups in total. The maximum atomic E-state index is 11.1. The van der Waals surface area contributed by atoms with Gasteiger partial charge in [-0.2, -0.15) is 0 Å². The van der Waals surface area contributed by atoms with E-state index in [1.807, 2.05) is 24.3 Å². The molecule has 0 saturated carbocycles.